The van der Waals surface area contributed by atoms with E-state index in [-0.39, 0.29) is 10.8 Å². The van der Waals surface area contributed by atoms with Gasteiger partial charge < -0.3 is 9.80 Å². The summed E-state index contributed by atoms with van der Waals surface area (Å²) in [4.78, 5) is 17.7. The maximum absolute atomic E-state index is 13.5. The Morgan fingerprint density at radius 1 is 1.00 bits per heavy atom. The average Bonchev–Trinajstić information content (AvgIpc) is 3.05. The molecule has 1 aliphatic carbocycles. The van der Waals surface area contributed by atoms with Crippen LogP contribution in [0.4, 0.5) is 0 Å². The highest BCUT2D eigenvalue weighted by Crippen LogP contribution is 2.39. The molecule has 0 radical (unpaired) electrons. The third-order valence-corrected chi connectivity index (χ3v) is 8.01. The van der Waals surface area contributed by atoms with Gasteiger partial charge in [0.15, 0.2) is 5.84 Å². The minimum Gasteiger partial charge on any atom is -0.352 e. The summed E-state index contributed by atoms with van der Waals surface area (Å²) in [7, 11) is -3.63. The van der Waals surface area contributed by atoms with Gasteiger partial charge in [0.05, 0.1) is 5.41 Å². The first-order valence-corrected chi connectivity index (χ1v) is 11.9. The SMILES string of the molecule is CC1(C(=O)N2CCN(C3=NS(=O)(=O)c4ccccc43)CC2)CCCc2ccccc21. The predicted molar refractivity (Wildman–Crippen MR) is 115 cm³/mol. The molecule has 1 fully saturated rings. The largest absolute Gasteiger partial charge is 0.352 e. The van der Waals surface area contributed by atoms with E-state index in [2.05, 4.69) is 23.5 Å². The number of hydrogen-bond donors (Lipinski definition) is 0. The number of carbonyl (C=O) groups excluding carboxylic acids is 1. The minimum absolute atomic E-state index is 0.177. The van der Waals surface area contributed by atoms with E-state index in [1.165, 1.54) is 5.56 Å². The van der Waals surface area contributed by atoms with Gasteiger partial charge >= 0.3 is 0 Å². The summed E-state index contributed by atoms with van der Waals surface area (Å²) in [5, 5.41) is 0. The van der Waals surface area contributed by atoms with Gasteiger partial charge in [0.2, 0.25) is 5.91 Å². The van der Waals surface area contributed by atoms with Crippen molar-refractivity contribution in [2.24, 2.45) is 4.40 Å². The van der Waals surface area contributed by atoms with Crippen molar-refractivity contribution in [2.75, 3.05) is 26.2 Å². The molecule has 156 valence electrons. The van der Waals surface area contributed by atoms with Crippen LogP contribution < -0.4 is 0 Å². The van der Waals surface area contributed by atoms with Crippen LogP contribution in [0.5, 0.6) is 0 Å². The normalized spacial score (nSPS) is 24.8. The molecular formula is C23H25N3O3S. The number of amidine groups is 1. The molecule has 0 aromatic heterocycles. The van der Waals surface area contributed by atoms with Crippen molar-refractivity contribution in [2.45, 2.75) is 36.5 Å². The number of piperazine rings is 1. The fraction of sp³-hybridized carbons (Fsp3) is 0.391. The molecule has 5 rings (SSSR count). The summed E-state index contributed by atoms with van der Waals surface area (Å²) >= 11 is 0. The Balaban J connectivity index is 1.35. The quantitative estimate of drug-likeness (QED) is 0.707. The molecule has 0 N–H and O–H groups in total. The molecule has 30 heavy (non-hydrogen) atoms. The Labute approximate surface area is 177 Å². The highest BCUT2D eigenvalue weighted by Gasteiger charge is 2.42. The van der Waals surface area contributed by atoms with Crippen molar-refractivity contribution in [3.05, 3.63) is 65.2 Å². The number of fused-ring (bicyclic) bond motifs is 2. The summed E-state index contributed by atoms with van der Waals surface area (Å²) in [6.45, 7) is 4.36. The van der Waals surface area contributed by atoms with Crippen molar-refractivity contribution in [3.8, 4) is 0 Å². The van der Waals surface area contributed by atoms with Gasteiger partial charge in [-0.15, -0.1) is 4.40 Å². The van der Waals surface area contributed by atoms with E-state index in [9.17, 15) is 13.2 Å². The Kier molecular flexibility index (Phi) is 4.47. The summed E-state index contributed by atoms with van der Waals surface area (Å²) in [6, 6.07) is 15.2. The van der Waals surface area contributed by atoms with Gasteiger partial charge in [0.25, 0.3) is 10.0 Å². The van der Waals surface area contributed by atoms with Gasteiger partial charge in [-0.3, -0.25) is 4.79 Å². The second-order valence-corrected chi connectivity index (χ2v) is 10.1. The molecule has 7 heteroatoms. The standard InChI is InChI=1S/C23H25N3O3S/c1-23(12-6-8-17-7-2-4-10-19(17)23)22(27)26-15-13-25(14-16-26)21-18-9-3-5-11-20(18)30(28,29)24-21/h2-5,7,9-11H,6,8,12-16H2,1H3. The molecule has 2 aromatic carbocycles. The lowest BCUT2D eigenvalue weighted by Crippen LogP contribution is -2.55. The molecule has 1 saturated heterocycles. The van der Waals surface area contributed by atoms with Crippen LogP contribution in [-0.2, 0) is 26.7 Å². The van der Waals surface area contributed by atoms with Crippen molar-refractivity contribution >= 4 is 21.8 Å². The fourth-order valence-corrected chi connectivity index (χ4v) is 6.28. The molecule has 0 spiro atoms. The fourth-order valence-electron chi connectivity index (χ4n) is 5.05. The van der Waals surface area contributed by atoms with Crippen LogP contribution in [0.15, 0.2) is 57.8 Å². The van der Waals surface area contributed by atoms with Crippen LogP contribution in [0.3, 0.4) is 0 Å². The molecule has 2 aliphatic heterocycles. The number of benzene rings is 2. The molecule has 1 unspecified atom stereocenters. The number of nitrogens with zero attached hydrogens (tertiary/aromatic N) is 3. The van der Waals surface area contributed by atoms with E-state index in [1.54, 1.807) is 18.2 Å². The van der Waals surface area contributed by atoms with E-state index < -0.39 is 15.4 Å². The van der Waals surface area contributed by atoms with Gasteiger partial charge in [-0.2, -0.15) is 8.42 Å². The molecule has 6 nitrogen and oxygen atoms in total. The van der Waals surface area contributed by atoms with E-state index >= 15 is 0 Å². The van der Waals surface area contributed by atoms with Crippen molar-refractivity contribution in [1.29, 1.82) is 0 Å². The first-order valence-electron chi connectivity index (χ1n) is 10.5. The lowest BCUT2D eigenvalue weighted by atomic mass is 9.70. The summed E-state index contributed by atoms with van der Waals surface area (Å²) in [5.41, 5.74) is 2.60. The second-order valence-electron chi connectivity index (χ2n) is 8.51. The number of aryl methyl sites for hydroxylation is 1. The summed E-state index contributed by atoms with van der Waals surface area (Å²) in [6.07, 6.45) is 2.91. The van der Waals surface area contributed by atoms with E-state index in [1.807, 2.05) is 28.0 Å². The number of sulfonamides is 1. The number of hydrogen-bond acceptors (Lipinski definition) is 4. The molecule has 0 saturated carbocycles. The van der Waals surface area contributed by atoms with E-state index in [0.717, 1.165) is 24.8 Å². The highest BCUT2D eigenvalue weighted by atomic mass is 32.2. The van der Waals surface area contributed by atoms with Gasteiger partial charge in [-0.05, 0) is 49.4 Å². The summed E-state index contributed by atoms with van der Waals surface area (Å²) < 4.78 is 28.8. The van der Waals surface area contributed by atoms with Crippen molar-refractivity contribution < 1.29 is 13.2 Å². The number of amides is 1. The zero-order chi connectivity index (χ0) is 20.9. The average molecular weight is 424 g/mol. The van der Waals surface area contributed by atoms with Crippen LogP contribution in [0.1, 0.15) is 36.5 Å². The lowest BCUT2D eigenvalue weighted by Gasteiger charge is -2.42. The zero-order valence-corrected chi connectivity index (χ0v) is 17.9. The molecule has 1 amide bonds. The monoisotopic (exact) mass is 423 g/mol. The first-order chi connectivity index (χ1) is 14.4. The smallest absolute Gasteiger partial charge is 0.285 e. The first kappa shape index (κ1) is 19.3. The third kappa shape index (κ3) is 2.95. The van der Waals surface area contributed by atoms with Crippen LogP contribution >= 0.6 is 0 Å². The van der Waals surface area contributed by atoms with Crippen molar-refractivity contribution in [3.63, 3.8) is 0 Å². The molecule has 1 atom stereocenters. The number of carbonyl (C=O) groups is 1. The second kappa shape index (κ2) is 6.94. The van der Waals surface area contributed by atoms with Gasteiger partial charge in [-0.25, -0.2) is 0 Å². The summed E-state index contributed by atoms with van der Waals surface area (Å²) in [5.74, 6) is 0.683. The van der Waals surface area contributed by atoms with Gasteiger partial charge in [0, 0.05) is 31.7 Å². The molecular weight excluding hydrogens is 398 g/mol. The highest BCUT2D eigenvalue weighted by molar-refractivity contribution is 7.90. The number of rotatable bonds is 1. The molecule has 2 aromatic rings. The van der Waals surface area contributed by atoms with Crippen LogP contribution in [0, 0.1) is 0 Å². The zero-order valence-electron chi connectivity index (χ0n) is 17.0. The Morgan fingerprint density at radius 3 is 2.50 bits per heavy atom. The molecule has 0 bridgehead atoms. The molecule has 2 heterocycles. The lowest BCUT2D eigenvalue weighted by molar-refractivity contribution is -0.138. The van der Waals surface area contributed by atoms with Crippen LogP contribution in [-0.4, -0.2) is 56.1 Å². The van der Waals surface area contributed by atoms with Gasteiger partial charge in [-0.1, -0.05) is 36.4 Å². The maximum Gasteiger partial charge on any atom is 0.285 e. The van der Waals surface area contributed by atoms with Crippen LogP contribution in [0.2, 0.25) is 0 Å². The Hall–Kier alpha value is -2.67. The Morgan fingerprint density at radius 2 is 1.70 bits per heavy atom. The predicted octanol–water partition coefficient (Wildman–Crippen LogP) is 2.57. The maximum atomic E-state index is 13.5. The van der Waals surface area contributed by atoms with Crippen LogP contribution in [0.25, 0.3) is 0 Å². The minimum atomic E-state index is -3.63. The van der Waals surface area contributed by atoms with E-state index in [0.29, 0.717) is 37.6 Å². The van der Waals surface area contributed by atoms with Gasteiger partial charge in [0.1, 0.15) is 4.90 Å². The van der Waals surface area contributed by atoms with E-state index in [4.69, 9.17) is 0 Å². The Bertz CT molecular complexity index is 1150. The van der Waals surface area contributed by atoms with Crippen molar-refractivity contribution in [1.82, 2.24) is 9.80 Å². The molecule has 3 aliphatic rings. The third-order valence-electron chi connectivity index (χ3n) is 6.69. The topological polar surface area (TPSA) is 70.1 Å².